The normalized spacial score (nSPS) is 13.6. The van der Waals surface area contributed by atoms with E-state index in [9.17, 15) is 9.59 Å². The average molecular weight is 426 g/mol. The van der Waals surface area contributed by atoms with Crippen LogP contribution in [0.25, 0.3) is 0 Å². The standard InChI is InChI=1S/C24H31N3O4/c1-17(2)25-23(28)16-31-21-12-7-18(15-22(21)30-3)24(29)26-19-8-10-20(11-9-19)27-13-5-4-6-14-27/h7-12,15,17H,4-6,13-14,16H2,1-3H3,(H,25,28)(H,26,29). The van der Waals surface area contributed by atoms with Crippen molar-refractivity contribution in [1.82, 2.24) is 5.32 Å². The van der Waals surface area contributed by atoms with Gasteiger partial charge in [-0.2, -0.15) is 0 Å². The van der Waals surface area contributed by atoms with Gasteiger partial charge in [-0.25, -0.2) is 0 Å². The third-order valence-electron chi connectivity index (χ3n) is 5.08. The Morgan fingerprint density at radius 1 is 1.00 bits per heavy atom. The van der Waals surface area contributed by atoms with Crippen LogP contribution in [0.15, 0.2) is 42.5 Å². The van der Waals surface area contributed by atoms with Crippen molar-refractivity contribution in [2.75, 3.05) is 37.0 Å². The molecule has 3 rings (SSSR count). The fourth-order valence-corrected chi connectivity index (χ4v) is 3.55. The zero-order valence-electron chi connectivity index (χ0n) is 18.4. The molecule has 1 heterocycles. The molecule has 0 bridgehead atoms. The Balaban J connectivity index is 1.61. The molecule has 1 aliphatic heterocycles. The molecule has 0 atom stereocenters. The zero-order chi connectivity index (χ0) is 22.2. The highest BCUT2D eigenvalue weighted by atomic mass is 16.5. The van der Waals surface area contributed by atoms with Gasteiger partial charge in [0.1, 0.15) is 0 Å². The van der Waals surface area contributed by atoms with Crippen LogP contribution in [-0.4, -0.2) is 44.7 Å². The number of methoxy groups -OCH3 is 1. The van der Waals surface area contributed by atoms with Gasteiger partial charge >= 0.3 is 0 Å². The lowest BCUT2D eigenvalue weighted by Crippen LogP contribution is -2.34. The molecule has 1 saturated heterocycles. The van der Waals surface area contributed by atoms with E-state index in [-0.39, 0.29) is 24.5 Å². The number of hydrogen-bond donors (Lipinski definition) is 2. The van der Waals surface area contributed by atoms with E-state index in [4.69, 9.17) is 9.47 Å². The highest BCUT2D eigenvalue weighted by Crippen LogP contribution is 2.29. The lowest BCUT2D eigenvalue weighted by Gasteiger charge is -2.28. The SMILES string of the molecule is COc1cc(C(=O)Nc2ccc(N3CCCCC3)cc2)ccc1OCC(=O)NC(C)C. The van der Waals surface area contributed by atoms with Gasteiger partial charge in [-0.05, 0) is 75.6 Å². The number of benzene rings is 2. The van der Waals surface area contributed by atoms with Crippen molar-refractivity contribution in [3.63, 3.8) is 0 Å². The molecule has 0 aliphatic carbocycles. The van der Waals surface area contributed by atoms with Crippen LogP contribution in [0.4, 0.5) is 11.4 Å². The highest BCUT2D eigenvalue weighted by molar-refractivity contribution is 6.04. The second-order valence-corrected chi connectivity index (χ2v) is 7.93. The van der Waals surface area contributed by atoms with E-state index >= 15 is 0 Å². The molecular weight excluding hydrogens is 394 g/mol. The Kier molecular flexibility index (Phi) is 7.76. The number of carbonyl (C=O) groups excluding carboxylic acids is 2. The van der Waals surface area contributed by atoms with E-state index in [1.807, 2.05) is 38.1 Å². The first kappa shape index (κ1) is 22.5. The van der Waals surface area contributed by atoms with Gasteiger partial charge in [0, 0.05) is 36.1 Å². The van der Waals surface area contributed by atoms with Gasteiger partial charge in [0.25, 0.3) is 11.8 Å². The molecule has 2 N–H and O–H groups in total. The quantitative estimate of drug-likeness (QED) is 0.672. The van der Waals surface area contributed by atoms with Gasteiger partial charge < -0.3 is 25.0 Å². The smallest absolute Gasteiger partial charge is 0.258 e. The molecule has 0 unspecified atom stereocenters. The van der Waals surface area contributed by atoms with Crippen molar-refractivity contribution in [1.29, 1.82) is 0 Å². The summed E-state index contributed by atoms with van der Waals surface area (Å²) in [4.78, 5) is 26.8. The molecule has 1 fully saturated rings. The van der Waals surface area contributed by atoms with Crippen molar-refractivity contribution >= 4 is 23.2 Å². The largest absolute Gasteiger partial charge is 0.493 e. The number of nitrogens with zero attached hydrogens (tertiary/aromatic N) is 1. The number of carbonyl (C=O) groups is 2. The minimum Gasteiger partial charge on any atom is -0.493 e. The predicted molar refractivity (Wildman–Crippen MR) is 122 cm³/mol. The van der Waals surface area contributed by atoms with Gasteiger partial charge in [0.05, 0.1) is 7.11 Å². The van der Waals surface area contributed by atoms with Gasteiger partial charge in [0.2, 0.25) is 0 Å². The second kappa shape index (κ2) is 10.7. The molecule has 31 heavy (non-hydrogen) atoms. The molecule has 0 radical (unpaired) electrons. The third kappa shape index (κ3) is 6.38. The average Bonchev–Trinajstić information content (AvgIpc) is 2.78. The van der Waals surface area contributed by atoms with E-state index in [0.717, 1.165) is 18.8 Å². The number of anilines is 2. The number of ether oxygens (including phenoxy) is 2. The predicted octanol–water partition coefficient (Wildman–Crippen LogP) is 3.84. The van der Waals surface area contributed by atoms with Crippen LogP contribution in [0.1, 0.15) is 43.5 Å². The summed E-state index contributed by atoms with van der Waals surface area (Å²) < 4.78 is 10.9. The number of rotatable bonds is 8. The summed E-state index contributed by atoms with van der Waals surface area (Å²) >= 11 is 0. The topological polar surface area (TPSA) is 79.9 Å². The molecule has 2 aromatic carbocycles. The Labute approximate surface area is 183 Å². The van der Waals surface area contributed by atoms with Crippen LogP contribution >= 0.6 is 0 Å². The summed E-state index contributed by atoms with van der Waals surface area (Å²) in [6.45, 7) is 5.81. The molecular formula is C24H31N3O4. The number of hydrogen-bond acceptors (Lipinski definition) is 5. The first-order valence-corrected chi connectivity index (χ1v) is 10.7. The fraction of sp³-hybridized carbons (Fsp3) is 0.417. The van der Waals surface area contributed by atoms with Crippen LogP contribution in [0.2, 0.25) is 0 Å². The Morgan fingerprint density at radius 3 is 2.35 bits per heavy atom. The van der Waals surface area contributed by atoms with Gasteiger partial charge in [-0.3, -0.25) is 9.59 Å². The van der Waals surface area contributed by atoms with E-state index in [2.05, 4.69) is 15.5 Å². The summed E-state index contributed by atoms with van der Waals surface area (Å²) in [5.74, 6) is 0.342. The summed E-state index contributed by atoms with van der Waals surface area (Å²) in [5, 5.41) is 5.67. The second-order valence-electron chi connectivity index (χ2n) is 7.93. The number of piperidine rings is 1. The van der Waals surface area contributed by atoms with Crippen molar-refractivity contribution in [2.24, 2.45) is 0 Å². The zero-order valence-corrected chi connectivity index (χ0v) is 18.4. The van der Waals surface area contributed by atoms with Crippen LogP contribution in [0.5, 0.6) is 11.5 Å². The molecule has 0 spiro atoms. The maximum absolute atomic E-state index is 12.7. The molecule has 2 amide bonds. The molecule has 166 valence electrons. The van der Waals surface area contributed by atoms with Crippen LogP contribution < -0.4 is 25.0 Å². The van der Waals surface area contributed by atoms with Gasteiger partial charge in [-0.1, -0.05) is 0 Å². The number of amides is 2. The molecule has 7 heteroatoms. The van der Waals surface area contributed by atoms with Crippen LogP contribution in [0.3, 0.4) is 0 Å². The first-order valence-electron chi connectivity index (χ1n) is 10.7. The summed E-state index contributed by atoms with van der Waals surface area (Å²) in [7, 11) is 1.50. The van der Waals surface area contributed by atoms with Gasteiger partial charge in [-0.15, -0.1) is 0 Å². The Bertz CT molecular complexity index is 890. The molecule has 1 aliphatic rings. The Morgan fingerprint density at radius 2 is 1.71 bits per heavy atom. The van der Waals surface area contributed by atoms with Crippen LogP contribution in [-0.2, 0) is 4.79 Å². The summed E-state index contributed by atoms with van der Waals surface area (Å²) in [6, 6.07) is 12.9. The fourth-order valence-electron chi connectivity index (χ4n) is 3.55. The molecule has 7 nitrogen and oxygen atoms in total. The maximum Gasteiger partial charge on any atom is 0.258 e. The maximum atomic E-state index is 12.7. The molecule has 2 aromatic rings. The first-order chi connectivity index (χ1) is 15.0. The monoisotopic (exact) mass is 425 g/mol. The van der Waals surface area contributed by atoms with E-state index < -0.39 is 0 Å². The van der Waals surface area contributed by atoms with Crippen molar-refractivity contribution in [3.8, 4) is 11.5 Å². The minimum atomic E-state index is -0.242. The van der Waals surface area contributed by atoms with Crippen molar-refractivity contribution in [2.45, 2.75) is 39.2 Å². The van der Waals surface area contributed by atoms with Crippen LogP contribution in [0, 0.1) is 0 Å². The van der Waals surface area contributed by atoms with E-state index in [1.54, 1.807) is 18.2 Å². The molecule has 0 saturated carbocycles. The van der Waals surface area contributed by atoms with E-state index in [0.29, 0.717) is 17.1 Å². The van der Waals surface area contributed by atoms with Crippen molar-refractivity contribution in [3.05, 3.63) is 48.0 Å². The highest BCUT2D eigenvalue weighted by Gasteiger charge is 2.14. The number of nitrogens with one attached hydrogen (secondary N) is 2. The van der Waals surface area contributed by atoms with Gasteiger partial charge in [0.15, 0.2) is 18.1 Å². The minimum absolute atomic E-state index is 0.0398. The lowest BCUT2D eigenvalue weighted by atomic mass is 10.1. The molecule has 0 aromatic heterocycles. The van der Waals surface area contributed by atoms with E-state index in [1.165, 1.54) is 32.1 Å². The van der Waals surface area contributed by atoms with Crippen molar-refractivity contribution < 1.29 is 19.1 Å². The summed E-state index contributed by atoms with van der Waals surface area (Å²) in [5.41, 5.74) is 2.36. The Hall–Kier alpha value is -3.22. The lowest BCUT2D eigenvalue weighted by molar-refractivity contribution is -0.123. The third-order valence-corrected chi connectivity index (χ3v) is 5.08. The summed E-state index contributed by atoms with van der Waals surface area (Å²) in [6.07, 6.45) is 3.74.